The van der Waals surface area contributed by atoms with Crippen LogP contribution in [-0.2, 0) is 4.79 Å². The molecule has 1 aromatic heterocycles. The molecule has 0 bridgehead atoms. The number of benzene rings is 2. The van der Waals surface area contributed by atoms with E-state index in [2.05, 4.69) is 15.8 Å². The zero-order chi connectivity index (χ0) is 16.2. The third-order valence-electron chi connectivity index (χ3n) is 3.32. The van der Waals surface area contributed by atoms with Gasteiger partial charge in [-0.1, -0.05) is 41.2 Å². The molecule has 6 heteroatoms. The summed E-state index contributed by atoms with van der Waals surface area (Å²) in [5.74, 6) is 0.284. The molecule has 0 aliphatic heterocycles. The number of hydrazine groups is 1. The zero-order valence-electron chi connectivity index (χ0n) is 12.9. The molecule has 4 nitrogen and oxygen atoms in total. The minimum atomic E-state index is -0.0773. The maximum atomic E-state index is 11.9. The van der Waals surface area contributed by atoms with Crippen molar-refractivity contribution in [1.29, 1.82) is 0 Å². The Kier molecular flexibility index (Phi) is 4.83. The maximum Gasteiger partial charge on any atom is 0.248 e. The summed E-state index contributed by atoms with van der Waals surface area (Å²) in [4.78, 5) is 17.5. The van der Waals surface area contributed by atoms with E-state index in [1.807, 2.05) is 56.3 Å². The van der Waals surface area contributed by atoms with Crippen LogP contribution in [-0.4, -0.2) is 16.6 Å². The summed E-state index contributed by atoms with van der Waals surface area (Å²) in [6, 6.07) is 14.2. The predicted octanol–water partition coefficient (Wildman–Crippen LogP) is 4.15. The molecular formula is C17H17N3OS2. The van der Waals surface area contributed by atoms with Gasteiger partial charge in [0, 0.05) is 4.90 Å². The molecule has 3 aromatic rings. The normalized spacial score (nSPS) is 10.7. The number of thioether (sulfide) groups is 1. The second-order valence-corrected chi connectivity index (χ2v) is 7.29. The Morgan fingerprint density at radius 3 is 2.70 bits per heavy atom. The maximum absolute atomic E-state index is 11.9. The first kappa shape index (κ1) is 15.8. The van der Waals surface area contributed by atoms with Gasteiger partial charge in [0.15, 0.2) is 0 Å². The average Bonchev–Trinajstić information content (AvgIpc) is 2.97. The second kappa shape index (κ2) is 7.02. The summed E-state index contributed by atoms with van der Waals surface area (Å²) in [5, 5.41) is 0.697. The van der Waals surface area contributed by atoms with Gasteiger partial charge in [-0.3, -0.25) is 15.6 Å². The van der Waals surface area contributed by atoms with E-state index in [1.165, 1.54) is 28.7 Å². The Morgan fingerprint density at radius 1 is 1.17 bits per heavy atom. The van der Waals surface area contributed by atoms with E-state index >= 15 is 0 Å². The molecule has 0 radical (unpaired) electrons. The number of hydrogen-bond acceptors (Lipinski definition) is 5. The van der Waals surface area contributed by atoms with E-state index in [0.29, 0.717) is 10.9 Å². The topological polar surface area (TPSA) is 54.0 Å². The molecular weight excluding hydrogens is 326 g/mol. The first-order chi connectivity index (χ1) is 11.1. The Hall–Kier alpha value is -2.05. The molecule has 23 heavy (non-hydrogen) atoms. The zero-order valence-corrected chi connectivity index (χ0v) is 14.6. The van der Waals surface area contributed by atoms with Gasteiger partial charge >= 0.3 is 0 Å². The molecule has 1 heterocycles. The lowest BCUT2D eigenvalue weighted by atomic mass is 10.2. The van der Waals surface area contributed by atoms with Gasteiger partial charge in [0.05, 0.1) is 16.0 Å². The number of amides is 1. The van der Waals surface area contributed by atoms with Gasteiger partial charge in [-0.25, -0.2) is 4.98 Å². The highest BCUT2D eigenvalue weighted by atomic mass is 32.2. The Balaban J connectivity index is 1.53. The summed E-state index contributed by atoms with van der Waals surface area (Å²) in [5.41, 5.74) is 8.92. The molecule has 0 aliphatic carbocycles. The molecule has 0 fully saturated rings. The third kappa shape index (κ3) is 4.03. The van der Waals surface area contributed by atoms with Crippen LogP contribution in [0, 0.1) is 13.8 Å². The van der Waals surface area contributed by atoms with Crippen molar-refractivity contribution in [3.8, 4) is 0 Å². The number of rotatable bonds is 5. The second-order valence-electron chi connectivity index (χ2n) is 5.22. The molecule has 0 aliphatic rings. The molecule has 118 valence electrons. The first-order valence-corrected chi connectivity index (χ1v) is 9.02. The number of nitrogens with zero attached hydrogens (tertiary/aromatic N) is 1. The van der Waals surface area contributed by atoms with Gasteiger partial charge in [0.2, 0.25) is 11.0 Å². The van der Waals surface area contributed by atoms with Crippen molar-refractivity contribution in [1.82, 2.24) is 10.4 Å². The summed E-state index contributed by atoms with van der Waals surface area (Å²) in [7, 11) is 0. The monoisotopic (exact) mass is 343 g/mol. The smallest absolute Gasteiger partial charge is 0.248 e. The highest BCUT2D eigenvalue weighted by Crippen LogP contribution is 2.27. The fourth-order valence-corrected chi connectivity index (χ4v) is 3.68. The third-order valence-corrected chi connectivity index (χ3v) is 5.27. The van der Waals surface area contributed by atoms with Crippen LogP contribution in [0.5, 0.6) is 0 Å². The lowest BCUT2D eigenvalue weighted by molar-refractivity contribution is -0.118. The predicted molar refractivity (Wildman–Crippen MR) is 98.0 cm³/mol. The van der Waals surface area contributed by atoms with E-state index in [0.717, 1.165) is 20.7 Å². The van der Waals surface area contributed by atoms with Crippen molar-refractivity contribution in [2.75, 3.05) is 11.2 Å². The lowest BCUT2D eigenvalue weighted by Gasteiger charge is -2.05. The fraction of sp³-hybridized carbons (Fsp3) is 0.176. The van der Waals surface area contributed by atoms with Crippen molar-refractivity contribution in [2.24, 2.45) is 0 Å². The van der Waals surface area contributed by atoms with Gasteiger partial charge < -0.3 is 0 Å². The molecule has 0 saturated carbocycles. The molecule has 1 amide bonds. The van der Waals surface area contributed by atoms with Crippen LogP contribution in [0.25, 0.3) is 10.2 Å². The van der Waals surface area contributed by atoms with Crippen LogP contribution < -0.4 is 10.9 Å². The van der Waals surface area contributed by atoms with E-state index in [9.17, 15) is 4.79 Å². The summed E-state index contributed by atoms with van der Waals surface area (Å²) >= 11 is 3.04. The largest absolute Gasteiger partial charge is 0.273 e. The van der Waals surface area contributed by atoms with Gasteiger partial charge in [-0.05, 0) is 37.6 Å². The lowest BCUT2D eigenvalue weighted by Crippen LogP contribution is -2.30. The summed E-state index contributed by atoms with van der Waals surface area (Å²) < 4.78 is 1.11. The van der Waals surface area contributed by atoms with Crippen molar-refractivity contribution in [2.45, 2.75) is 18.7 Å². The number of para-hydroxylation sites is 1. The Morgan fingerprint density at radius 2 is 1.96 bits per heavy atom. The molecule has 0 spiro atoms. The molecule has 0 atom stereocenters. The highest BCUT2D eigenvalue weighted by Gasteiger charge is 2.07. The Bertz CT molecular complexity index is 827. The molecule has 3 rings (SSSR count). The number of thiazole rings is 1. The quantitative estimate of drug-likeness (QED) is 0.540. The van der Waals surface area contributed by atoms with Crippen LogP contribution >= 0.6 is 23.1 Å². The van der Waals surface area contributed by atoms with Crippen molar-refractivity contribution in [3.05, 3.63) is 53.6 Å². The molecule has 0 saturated heterocycles. The van der Waals surface area contributed by atoms with Gasteiger partial charge in [0.1, 0.15) is 0 Å². The van der Waals surface area contributed by atoms with Crippen molar-refractivity contribution >= 4 is 44.4 Å². The van der Waals surface area contributed by atoms with E-state index in [4.69, 9.17) is 0 Å². The van der Waals surface area contributed by atoms with Crippen LogP contribution in [0.15, 0.2) is 47.4 Å². The van der Waals surface area contributed by atoms with Gasteiger partial charge in [0.25, 0.3) is 0 Å². The SMILES string of the molecule is Cc1ccc(SCC(=O)NNc2nc3c(C)cccc3s2)cc1. The van der Waals surface area contributed by atoms with Crippen LogP contribution in [0.3, 0.4) is 0 Å². The van der Waals surface area contributed by atoms with Crippen LogP contribution in [0.4, 0.5) is 5.13 Å². The van der Waals surface area contributed by atoms with E-state index < -0.39 is 0 Å². The Labute approximate surface area is 143 Å². The first-order valence-electron chi connectivity index (χ1n) is 7.22. The van der Waals surface area contributed by atoms with Gasteiger partial charge in [-0.2, -0.15) is 0 Å². The number of anilines is 1. The molecule has 2 N–H and O–H groups in total. The minimum absolute atomic E-state index is 0.0773. The molecule has 0 unspecified atom stereocenters. The number of carbonyl (C=O) groups excluding carboxylic acids is 1. The highest BCUT2D eigenvalue weighted by molar-refractivity contribution is 8.00. The summed E-state index contributed by atoms with van der Waals surface area (Å²) in [6.45, 7) is 4.08. The molecule has 2 aromatic carbocycles. The summed E-state index contributed by atoms with van der Waals surface area (Å²) in [6.07, 6.45) is 0. The number of aromatic nitrogens is 1. The van der Waals surface area contributed by atoms with Crippen LogP contribution in [0.1, 0.15) is 11.1 Å². The average molecular weight is 343 g/mol. The minimum Gasteiger partial charge on any atom is -0.273 e. The van der Waals surface area contributed by atoms with E-state index in [1.54, 1.807) is 0 Å². The fourth-order valence-electron chi connectivity index (χ4n) is 2.08. The van der Waals surface area contributed by atoms with E-state index in [-0.39, 0.29) is 5.91 Å². The van der Waals surface area contributed by atoms with Crippen LogP contribution in [0.2, 0.25) is 0 Å². The number of aryl methyl sites for hydroxylation is 2. The number of hydrogen-bond donors (Lipinski definition) is 2. The number of carbonyl (C=O) groups is 1. The number of fused-ring (bicyclic) bond motifs is 1. The van der Waals surface area contributed by atoms with Crippen molar-refractivity contribution < 1.29 is 4.79 Å². The van der Waals surface area contributed by atoms with Crippen molar-refractivity contribution in [3.63, 3.8) is 0 Å². The standard InChI is InChI=1S/C17H17N3OS2/c1-11-6-8-13(9-7-11)22-10-15(21)19-20-17-18-16-12(2)4-3-5-14(16)23-17/h3-9H,10H2,1-2H3,(H,18,20)(H,19,21). The van der Waals surface area contributed by atoms with Gasteiger partial charge in [-0.15, -0.1) is 11.8 Å². The number of nitrogens with one attached hydrogen (secondary N) is 2.